The standard InChI is InChI=1S/C19H32FN5/c1-16-6-7-17(14-18(16)20)15-23-19(21-2)22-8-4-10-25-11-5-9-24(3)12-13-25/h6-7,14H,4-5,8-13,15H2,1-3H3,(H2,21,22,23). The van der Waals surface area contributed by atoms with Crippen molar-refractivity contribution in [3.05, 3.63) is 35.1 Å². The Bertz CT molecular complexity index is 561. The zero-order valence-electron chi connectivity index (χ0n) is 15.8. The first-order chi connectivity index (χ1) is 12.1. The molecule has 1 fully saturated rings. The van der Waals surface area contributed by atoms with Crippen molar-refractivity contribution in [3.8, 4) is 0 Å². The average molecular weight is 349 g/mol. The van der Waals surface area contributed by atoms with Gasteiger partial charge in [-0.2, -0.15) is 0 Å². The van der Waals surface area contributed by atoms with E-state index < -0.39 is 0 Å². The molecule has 0 aliphatic carbocycles. The van der Waals surface area contributed by atoms with E-state index in [-0.39, 0.29) is 5.82 Å². The monoisotopic (exact) mass is 349 g/mol. The van der Waals surface area contributed by atoms with Gasteiger partial charge in [-0.05, 0) is 63.6 Å². The van der Waals surface area contributed by atoms with E-state index in [2.05, 4.69) is 32.5 Å². The van der Waals surface area contributed by atoms with E-state index in [1.165, 1.54) is 19.5 Å². The minimum atomic E-state index is -0.162. The van der Waals surface area contributed by atoms with E-state index in [0.717, 1.165) is 44.1 Å². The van der Waals surface area contributed by atoms with Crippen LogP contribution in [0.3, 0.4) is 0 Å². The van der Waals surface area contributed by atoms with Gasteiger partial charge >= 0.3 is 0 Å². The highest BCUT2D eigenvalue weighted by molar-refractivity contribution is 5.79. The summed E-state index contributed by atoms with van der Waals surface area (Å²) in [4.78, 5) is 9.17. The maximum absolute atomic E-state index is 13.6. The number of likely N-dealkylation sites (N-methyl/N-ethyl adjacent to an activating group) is 1. The normalized spacial score (nSPS) is 17.4. The Kier molecular flexibility index (Phi) is 8.15. The molecule has 1 aliphatic rings. The van der Waals surface area contributed by atoms with Crippen molar-refractivity contribution in [2.24, 2.45) is 4.99 Å². The number of aliphatic imine (C=N–C) groups is 1. The van der Waals surface area contributed by atoms with Crippen LogP contribution in [0.1, 0.15) is 24.0 Å². The van der Waals surface area contributed by atoms with Crippen molar-refractivity contribution in [2.75, 3.05) is 53.4 Å². The summed E-state index contributed by atoms with van der Waals surface area (Å²) in [5.74, 6) is 0.599. The van der Waals surface area contributed by atoms with Gasteiger partial charge in [-0.15, -0.1) is 0 Å². The Balaban J connectivity index is 1.65. The second kappa shape index (κ2) is 10.4. The molecule has 0 atom stereocenters. The highest BCUT2D eigenvalue weighted by atomic mass is 19.1. The van der Waals surface area contributed by atoms with E-state index in [1.54, 1.807) is 26.1 Å². The number of benzene rings is 1. The molecule has 5 nitrogen and oxygen atoms in total. The van der Waals surface area contributed by atoms with Crippen molar-refractivity contribution < 1.29 is 4.39 Å². The topological polar surface area (TPSA) is 42.9 Å². The Hall–Kier alpha value is -1.66. The first-order valence-corrected chi connectivity index (χ1v) is 9.19. The molecule has 0 amide bonds. The first kappa shape index (κ1) is 19.7. The molecule has 0 spiro atoms. The molecule has 25 heavy (non-hydrogen) atoms. The first-order valence-electron chi connectivity index (χ1n) is 9.19. The van der Waals surface area contributed by atoms with Crippen molar-refractivity contribution in [3.63, 3.8) is 0 Å². The predicted molar refractivity (Wildman–Crippen MR) is 103 cm³/mol. The molecule has 0 bridgehead atoms. The van der Waals surface area contributed by atoms with Gasteiger partial charge in [0.05, 0.1) is 0 Å². The maximum atomic E-state index is 13.6. The highest BCUT2D eigenvalue weighted by Gasteiger charge is 2.11. The predicted octanol–water partition coefficient (Wildman–Crippen LogP) is 1.83. The number of rotatable bonds is 6. The summed E-state index contributed by atoms with van der Waals surface area (Å²) in [5, 5.41) is 6.58. The molecule has 140 valence electrons. The lowest BCUT2D eigenvalue weighted by molar-refractivity contribution is 0.274. The van der Waals surface area contributed by atoms with Gasteiger partial charge in [0.2, 0.25) is 0 Å². The summed E-state index contributed by atoms with van der Waals surface area (Å²) < 4.78 is 13.6. The number of hydrogen-bond donors (Lipinski definition) is 2. The number of nitrogens with one attached hydrogen (secondary N) is 2. The lowest BCUT2D eigenvalue weighted by atomic mass is 10.1. The summed E-state index contributed by atoms with van der Waals surface area (Å²) in [5.41, 5.74) is 1.59. The Labute approximate surface area is 151 Å². The molecule has 1 saturated heterocycles. The van der Waals surface area contributed by atoms with Gasteiger partial charge in [0.15, 0.2) is 5.96 Å². The van der Waals surface area contributed by atoms with Crippen LogP contribution in [0.4, 0.5) is 4.39 Å². The van der Waals surface area contributed by atoms with Gasteiger partial charge in [-0.3, -0.25) is 4.99 Å². The molecule has 1 aromatic carbocycles. The van der Waals surface area contributed by atoms with Crippen LogP contribution >= 0.6 is 0 Å². The van der Waals surface area contributed by atoms with Crippen LogP contribution in [-0.2, 0) is 6.54 Å². The van der Waals surface area contributed by atoms with Gasteiger partial charge in [-0.1, -0.05) is 12.1 Å². The minimum Gasteiger partial charge on any atom is -0.356 e. The molecule has 0 aromatic heterocycles. The quantitative estimate of drug-likeness (QED) is 0.467. The molecule has 2 N–H and O–H groups in total. The Morgan fingerprint density at radius 3 is 2.80 bits per heavy atom. The zero-order chi connectivity index (χ0) is 18.1. The maximum Gasteiger partial charge on any atom is 0.191 e. The summed E-state index contributed by atoms with van der Waals surface area (Å²) in [6, 6.07) is 5.32. The molecule has 1 heterocycles. The van der Waals surface area contributed by atoms with Crippen LogP contribution in [0.5, 0.6) is 0 Å². The van der Waals surface area contributed by atoms with Gasteiger partial charge in [0, 0.05) is 33.2 Å². The van der Waals surface area contributed by atoms with E-state index in [4.69, 9.17) is 0 Å². The number of nitrogens with zero attached hydrogens (tertiary/aromatic N) is 3. The van der Waals surface area contributed by atoms with Crippen LogP contribution in [0.15, 0.2) is 23.2 Å². The van der Waals surface area contributed by atoms with E-state index in [9.17, 15) is 4.39 Å². The van der Waals surface area contributed by atoms with E-state index in [0.29, 0.717) is 12.1 Å². The molecule has 0 unspecified atom stereocenters. The fourth-order valence-corrected chi connectivity index (χ4v) is 2.99. The average Bonchev–Trinajstić information content (AvgIpc) is 2.81. The van der Waals surface area contributed by atoms with Crippen LogP contribution in [0, 0.1) is 12.7 Å². The molecule has 2 rings (SSSR count). The van der Waals surface area contributed by atoms with Crippen LogP contribution < -0.4 is 10.6 Å². The van der Waals surface area contributed by atoms with Gasteiger partial charge < -0.3 is 20.4 Å². The number of guanidine groups is 1. The second-order valence-corrected chi connectivity index (χ2v) is 6.79. The van der Waals surface area contributed by atoms with E-state index in [1.807, 2.05) is 6.07 Å². The lowest BCUT2D eigenvalue weighted by Gasteiger charge is -2.20. The summed E-state index contributed by atoms with van der Waals surface area (Å²) in [7, 11) is 3.95. The van der Waals surface area contributed by atoms with Gasteiger partial charge in [-0.25, -0.2) is 4.39 Å². The molecule has 6 heteroatoms. The molecule has 0 saturated carbocycles. The molecule has 0 radical (unpaired) electrons. The third-order valence-corrected chi connectivity index (χ3v) is 4.68. The molecule has 1 aliphatic heterocycles. The highest BCUT2D eigenvalue weighted by Crippen LogP contribution is 2.08. The van der Waals surface area contributed by atoms with Gasteiger partial charge in [0.1, 0.15) is 5.82 Å². The Morgan fingerprint density at radius 1 is 1.20 bits per heavy atom. The smallest absolute Gasteiger partial charge is 0.191 e. The van der Waals surface area contributed by atoms with Crippen molar-refractivity contribution in [1.82, 2.24) is 20.4 Å². The van der Waals surface area contributed by atoms with Crippen LogP contribution in [0.25, 0.3) is 0 Å². The van der Waals surface area contributed by atoms with Crippen molar-refractivity contribution >= 4 is 5.96 Å². The van der Waals surface area contributed by atoms with Crippen LogP contribution in [0.2, 0.25) is 0 Å². The van der Waals surface area contributed by atoms with Crippen molar-refractivity contribution in [2.45, 2.75) is 26.3 Å². The lowest BCUT2D eigenvalue weighted by Crippen LogP contribution is -2.38. The number of halogens is 1. The Morgan fingerprint density at radius 2 is 2.04 bits per heavy atom. The summed E-state index contributed by atoms with van der Waals surface area (Å²) in [6.07, 6.45) is 2.34. The summed E-state index contributed by atoms with van der Waals surface area (Å²) >= 11 is 0. The largest absolute Gasteiger partial charge is 0.356 e. The molecule has 1 aromatic rings. The van der Waals surface area contributed by atoms with Gasteiger partial charge in [0.25, 0.3) is 0 Å². The van der Waals surface area contributed by atoms with E-state index >= 15 is 0 Å². The number of hydrogen-bond acceptors (Lipinski definition) is 3. The second-order valence-electron chi connectivity index (χ2n) is 6.79. The van der Waals surface area contributed by atoms with Crippen LogP contribution in [-0.4, -0.2) is 69.1 Å². The fraction of sp³-hybridized carbons (Fsp3) is 0.632. The minimum absolute atomic E-state index is 0.162. The third-order valence-electron chi connectivity index (χ3n) is 4.68. The fourth-order valence-electron chi connectivity index (χ4n) is 2.99. The molecular formula is C19H32FN5. The molecular weight excluding hydrogens is 317 g/mol. The summed E-state index contributed by atoms with van der Waals surface area (Å²) in [6.45, 7) is 9.04. The zero-order valence-corrected chi connectivity index (χ0v) is 15.8. The number of aryl methyl sites for hydroxylation is 1. The van der Waals surface area contributed by atoms with Crippen molar-refractivity contribution in [1.29, 1.82) is 0 Å². The third kappa shape index (κ3) is 7.00. The SMILES string of the molecule is CN=C(NCCCN1CCCN(C)CC1)NCc1ccc(C)c(F)c1.